The Labute approximate surface area is 119 Å². The van der Waals surface area contributed by atoms with Gasteiger partial charge in [0.15, 0.2) is 0 Å². The lowest BCUT2D eigenvalue weighted by Gasteiger charge is -2.07. The summed E-state index contributed by atoms with van der Waals surface area (Å²) in [6.07, 6.45) is 3.30. The molecule has 0 saturated carbocycles. The van der Waals surface area contributed by atoms with E-state index in [-0.39, 0.29) is 4.90 Å². The molecule has 0 aliphatic heterocycles. The van der Waals surface area contributed by atoms with Crippen LogP contribution in [0.3, 0.4) is 0 Å². The number of unbranched alkanes of at least 4 members (excludes halogenated alkanes) is 1. The first kappa shape index (κ1) is 16.5. The van der Waals surface area contributed by atoms with E-state index in [0.29, 0.717) is 25.9 Å². The number of nitrogens with one attached hydrogen (secondary N) is 1. The highest BCUT2D eigenvalue weighted by atomic mass is 32.2. The van der Waals surface area contributed by atoms with Gasteiger partial charge in [-0.25, -0.2) is 13.1 Å². The van der Waals surface area contributed by atoms with Crippen LogP contribution < -0.4 is 4.72 Å². The van der Waals surface area contributed by atoms with Crippen molar-refractivity contribution in [1.29, 1.82) is 0 Å². The van der Waals surface area contributed by atoms with Crippen LogP contribution in [0.15, 0.2) is 34.3 Å². The normalized spacial score (nSPS) is 11.1. The number of hydrogen-bond acceptors (Lipinski definition) is 3. The fourth-order valence-corrected chi connectivity index (χ4v) is 2.84. The number of benzene rings is 1. The van der Waals surface area contributed by atoms with Crippen LogP contribution in [0.1, 0.15) is 31.7 Å². The summed E-state index contributed by atoms with van der Waals surface area (Å²) in [5, 5.41) is 3.39. The molecule has 0 atom stereocenters. The summed E-state index contributed by atoms with van der Waals surface area (Å²) in [6.45, 7) is 2.83. The summed E-state index contributed by atoms with van der Waals surface area (Å²) in [7, 11) is -3.44. The van der Waals surface area contributed by atoms with Gasteiger partial charge in [0.05, 0.1) is 4.90 Å². The second kappa shape index (κ2) is 8.58. The van der Waals surface area contributed by atoms with Crippen molar-refractivity contribution in [3.05, 3.63) is 40.3 Å². The van der Waals surface area contributed by atoms with Crippen molar-refractivity contribution in [2.45, 2.75) is 37.5 Å². The molecular weight excluding hydrogens is 276 g/mol. The van der Waals surface area contributed by atoms with E-state index in [2.05, 4.69) is 21.7 Å². The zero-order valence-electron chi connectivity index (χ0n) is 11.6. The van der Waals surface area contributed by atoms with Gasteiger partial charge in [0.1, 0.15) is 0 Å². The largest absolute Gasteiger partial charge is 0.240 e. The molecule has 7 heteroatoms. The SMILES string of the molecule is CCCc1ccc(S(=O)(=O)NCCCCN=[N+]=[N-])cc1. The predicted molar refractivity (Wildman–Crippen MR) is 78.9 cm³/mol. The Morgan fingerprint density at radius 2 is 1.95 bits per heavy atom. The summed E-state index contributed by atoms with van der Waals surface area (Å²) in [4.78, 5) is 2.92. The van der Waals surface area contributed by atoms with Gasteiger partial charge in [0.2, 0.25) is 10.0 Å². The lowest BCUT2D eigenvalue weighted by molar-refractivity contribution is 0.577. The Kier molecular flexibility index (Phi) is 7.08. The zero-order valence-corrected chi connectivity index (χ0v) is 12.4. The number of aryl methyl sites for hydroxylation is 1. The second-order valence-corrected chi connectivity index (χ2v) is 6.22. The van der Waals surface area contributed by atoms with Crippen molar-refractivity contribution in [3.63, 3.8) is 0 Å². The lowest BCUT2D eigenvalue weighted by Crippen LogP contribution is -2.24. The van der Waals surface area contributed by atoms with Gasteiger partial charge in [0, 0.05) is 18.0 Å². The Hall–Kier alpha value is -1.56. The molecule has 0 fully saturated rings. The molecule has 1 aromatic carbocycles. The molecule has 0 aliphatic carbocycles. The number of sulfonamides is 1. The smallest absolute Gasteiger partial charge is 0.211 e. The van der Waals surface area contributed by atoms with Crippen LogP contribution in [-0.2, 0) is 16.4 Å². The molecule has 0 radical (unpaired) electrons. The summed E-state index contributed by atoms with van der Waals surface area (Å²) in [5.74, 6) is 0. The van der Waals surface area contributed by atoms with E-state index in [1.165, 1.54) is 0 Å². The molecule has 6 nitrogen and oxygen atoms in total. The van der Waals surface area contributed by atoms with Gasteiger partial charge in [-0.05, 0) is 42.5 Å². The van der Waals surface area contributed by atoms with Crippen molar-refractivity contribution in [3.8, 4) is 0 Å². The third-order valence-electron chi connectivity index (χ3n) is 2.81. The van der Waals surface area contributed by atoms with Gasteiger partial charge in [-0.2, -0.15) is 0 Å². The number of nitrogens with zero attached hydrogens (tertiary/aromatic N) is 3. The maximum Gasteiger partial charge on any atom is 0.240 e. The minimum atomic E-state index is -3.44. The maximum absolute atomic E-state index is 12.0. The van der Waals surface area contributed by atoms with Crippen LogP contribution in [0, 0.1) is 0 Å². The first-order valence-corrected chi connectivity index (χ1v) is 8.18. The number of hydrogen-bond donors (Lipinski definition) is 1. The van der Waals surface area contributed by atoms with Crippen molar-refractivity contribution >= 4 is 10.0 Å². The highest BCUT2D eigenvalue weighted by Crippen LogP contribution is 2.11. The van der Waals surface area contributed by atoms with E-state index in [1.807, 2.05) is 12.1 Å². The van der Waals surface area contributed by atoms with Crippen LogP contribution >= 0.6 is 0 Å². The number of rotatable bonds is 9. The van der Waals surface area contributed by atoms with E-state index in [4.69, 9.17) is 5.53 Å². The number of azide groups is 1. The van der Waals surface area contributed by atoms with Gasteiger partial charge in [-0.1, -0.05) is 30.6 Å². The summed E-state index contributed by atoms with van der Waals surface area (Å²) in [5.41, 5.74) is 9.25. The molecule has 0 amide bonds. The Morgan fingerprint density at radius 1 is 1.25 bits per heavy atom. The monoisotopic (exact) mass is 296 g/mol. The van der Waals surface area contributed by atoms with Crippen LogP contribution in [0.5, 0.6) is 0 Å². The average Bonchev–Trinajstić information content (AvgIpc) is 2.44. The second-order valence-electron chi connectivity index (χ2n) is 4.45. The first-order valence-electron chi connectivity index (χ1n) is 6.69. The van der Waals surface area contributed by atoms with E-state index < -0.39 is 10.0 Å². The fraction of sp³-hybridized carbons (Fsp3) is 0.538. The van der Waals surface area contributed by atoms with Gasteiger partial charge >= 0.3 is 0 Å². The van der Waals surface area contributed by atoms with Crippen molar-refractivity contribution in [2.75, 3.05) is 13.1 Å². The zero-order chi connectivity index (χ0) is 14.8. The fourth-order valence-electron chi connectivity index (χ4n) is 1.77. The minimum absolute atomic E-state index is 0.285. The standard InChI is InChI=1S/C13H20N4O2S/c1-2-5-12-6-8-13(9-7-12)20(18,19)16-11-4-3-10-15-17-14/h6-9,16H,2-5,10-11H2,1H3. The molecule has 0 spiro atoms. The minimum Gasteiger partial charge on any atom is -0.211 e. The molecule has 20 heavy (non-hydrogen) atoms. The third kappa shape index (κ3) is 5.61. The first-order chi connectivity index (χ1) is 9.60. The van der Waals surface area contributed by atoms with Crippen LogP contribution in [0.4, 0.5) is 0 Å². The topological polar surface area (TPSA) is 94.9 Å². The molecule has 1 aromatic rings. The van der Waals surface area contributed by atoms with Gasteiger partial charge < -0.3 is 0 Å². The average molecular weight is 296 g/mol. The van der Waals surface area contributed by atoms with Crippen molar-refractivity contribution in [2.24, 2.45) is 5.11 Å². The molecule has 110 valence electrons. The van der Waals surface area contributed by atoms with Gasteiger partial charge in [-0.15, -0.1) is 0 Å². The van der Waals surface area contributed by atoms with E-state index in [0.717, 1.165) is 18.4 Å². The van der Waals surface area contributed by atoms with Crippen molar-refractivity contribution < 1.29 is 8.42 Å². The molecular formula is C13H20N4O2S. The Balaban J connectivity index is 2.49. The summed E-state index contributed by atoms with van der Waals surface area (Å²) in [6, 6.07) is 6.96. The molecule has 0 bridgehead atoms. The van der Waals surface area contributed by atoms with E-state index in [1.54, 1.807) is 12.1 Å². The Morgan fingerprint density at radius 3 is 2.55 bits per heavy atom. The van der Waals surface area contributed by atoms with Crippen molar-refractivity contribution in [1.82, 2.24) is 4.72 Å². The summed E-state index contributed by atoms with van der Waals surface area (Å²) < 4.78 is 26.5. The molecule has 0 aromatic heterocycles. The lowest BCUT2D eigenvalue weighted by atomic mass is 10.1. The molecule has 1 N–H and O–H groups in total. The van der Waals surface area contributed by atoms with E-state index >= 15 is 0 Å². The molecule has 1 rings (SSSR count). The highest BCUT2D eigenvalue weighted by Gasteiger charge is 2.12. The van der Waals surface area contributed by atoms with Crippen LogP contribution in [0.2, 0.25) is 0 Å². The highest BCUT2D eigenvalue weighted by molar-refractivity contribution is 7.89. The predicted octanol–water partition coefficient (Wildman–Crippen LogP) is 3.01. The molecule has 0 heterocycles. The Bertz CT molecular complexity index is 548. The van der Waals surface area contributed by atoms with Crippen LogP contribution in [-0.4, -0.2) is 21.5 Å². The molecule has 0 unspecified atom stereocenters. The van der Waals surface area contributed by atoms with Gasteiger partial charge in [-0.3, -0.25) is 0 Å². The van der Waals surface area contributed by atoms with Crippen LogP contribution in [0.25, 0.3) is 10.4 Å². The summed E-state index contributed by atoms with van der Waals surface area (Å²) >= 11 is 0. The molecule has 0 aliphatic rings. The maximum atomic E-state index is 12.0. The molecule has 0 saturated heterocycles. The van der Waals surface area contributed by atoms with E-state index in [9.17, 15) is 8.42 Å². The quantitative estimate of drug-likeness (QED) is 0.328. The third-order valence-corrected chi connectivity index (χ3v) is 4.29. The van der Waals surface area contributed by atoms with Gasteiger partial charge in [0.25, 0.3) is 0 Å².